The van der Waals surface area contributed by atoms with Gasteiger partial charge in [0, 0.05) is 31.8 Å². The summed E-state index contributed by atoms with van der Waals surface area (Å²) in [7, 11) is -2.54. The number of piperidine rings is 1. The van der Waals surface area contributed by atoms with Crippen molar-refractivity contribution < 1.29 is 22.7 Å². The van der Waals surface area contributed by atoms with Gasteiger partial charge in [-0.25, -0.2) is 12.7 Å². The molecule has 1 aromatic rings. The second-order valence-corrected chi connectivity index (χ2v) is 8.93. The highest BCUT2D eigenvalue weighted by Crippen LogP contribution is 2.32. The van der Waals surface area contributed by atoms with Gasteiger partial charge in [-0.05, 0) is 37.0 Å². The number of benzene rings is 1. The summed E-state index contributed by atoms with van der Waals surface area (Å²) in [4.78, 5) is 27.0. The third-order valence-corrected chi connectivity index (χ3v) is 7.09. The molecule has 27 heavy (non-hydrogen) atoms. The SMILES string of the molecule is COCCN1C(=O)c2ccc(C(=O)N3CCC(C)CC3CN)cc2S1(=O)=O. The van der Waals surface area contributed by atoms with E-state index in [4.69, 9.17) is 10.5 Å². The van der Waals surface area contributed by atoms with Gasteiger partial charge in [-0.3, -0.25) is 9.59 Å². The number of sulfonamides is 1. The van der Waals surface area contributed by atoms with E-state index in [-0.39, 0.29) is 41.1 Å². The molecule has 0 spiro atoms. The first-order valence-corrected chi connectivity index (χ1v) is 10.5. The molecule has 1 fully saturated rings. The van der Waals surface area contributed by atoms with Gasteiger partial charge in [-0.2, -0.15) is 0 Å². The standard InChI is InChI=1S/C18H25N3O5S/c1-12-5-6-20(14(9-12)11-19)17(22)13-3-4-15-16(10-13)27(24,25)21(18(15)23)7-8-26-2/h3-4,10,12,14H,5-9,11,19H2,1-2H3. The average molecular weight is 395 g/mol. The van der Waals surface area contributed by atoms with Crippen LogP contribution in [0.5, 0.6) is 0 Å². The van der Waals surface area contributed by atoms with Crippen LogP contribution in [0.15, 0.2) is 23.1 Å². The molecule has 1 aromatic carbocycles. The van der Waals surface area contributed by atoms with Crippen LogP contribution in [0, 0.1) is 5.92 Å². The smallest absolute Gasteiger partial charge is 0.269 e. The number of amides is 2. The first-order valence-electron chi connectivity index (χ1n) is 9.02. The normalized spacial score (nSPS) is 24.2. The molecule has 0 radical (unpaired) electrons. The molecule has 8 nitrogen and oxygen atoms in total. The van der Waals surface area contributed by atoms with Crippen LogP contribution in [0.25, 0.3) is 0 Å². The van der Waals surface area contributed by atoms with E-state index in [0.717, 1.165) is 17.1 Å². The second-order valence-electron chi connectivity index (χ2n) is 7.10. The molecule has 2 unspecified atom stereocenters. The lowest BCUT2D eigenvalue weighted by molar-refractivity contribution is 0.0573. The van der Waals surface area contributed by atoms with Crippen molar-refractivity contribution in [3.05, 3.63) is 29.3 Å². The quantitative estimate of drug-likeness (QED) is 0.785. The van der Waals surface area contributed by atoms with Crippen LogP contribution in [-0.2, 0) is 14.8 Å². The van der Waals surface area contributed by atoms with E-state index in [1.165, 1.54) is 25.3 Å². The minimum atomic E-state index is -3.97. The Morgan fingerprint density at radius 3 is 2.78 bits per heavy atom. The summed E-state index contributed by atoms with van der Waals surface area (Å²) >= 11 is 0. The number of rotatable bonds is 5. The molecule has 148 valence electrons. The zero-order valence-corrected chi connectivity index (χ0v) is 16.4. The molecule has 2 atom stereocenters. The number of methoxy groups -OCH3 is 1. The van der Waals surface area contributed by atoms with Crippen LogP contribution in [-0.4, -0.2) is 68.8 Å². The van der Waals surface area contributed by atoms with Crippen molar-refractivity contribution in [3.63, 3.8) is 0 Å². The molecule has 2 N–H and O–H groups in total. The Kier molecular flexibility index (Phi) is 5.55. The Balaban J connectivity index is 1.91. The predicted octanol–water partition coefficient (Wildman–Crippen LogP) is 0.677. The fourth-order valence-electron chi connectivity index (χ4n) is 3.71. The topological polar surface area (TPSA) is 110 Å². The highest BCUT2D eigenvalue weighted by molar-refractivity contribution is 7.90. The number of likely N-dealkylation sites (tertiary alicyclic amines) is 1. The van der Waals surface area contributed by atoms with E-state index in [2.05, 4.69) is 6.92 Å². The summed E-state index contributed by atoms with van der Waals surface area (Å²) in [5, 5.41) is 0. The van der Waals surface area contributed by atoms with Crippen molar-refractivity contribution in [2.24, 2.45) is 11.7 Å². The number of hydrogen-bond acceptors (Lipinski definition) is 6. The van der Waals surface area contributed by atoms with Gasteiger partial charge in [-0.15, -0.1) is 0 Å². The lowest BCUT2D eigenvalue weighted by Crippen LogP contribution is -2.49. The van der Waals surface area contributed by atoms with Gasteiger partial charge in [0.1, 0.15) is 4.90 Å². The molecule has 1 saturated heterocycles. The molecule has 9 heteroatoms. The fourth-order valence-corrected chi connectivity index (χ4v) is 5.29. The maximum absolute atomic E-state index is 13.0. The average Bonchev–Trinajstić information content (AvgIpc) is 2.85. The summed E-state index contributed by atoms with van der Waals surface area (Å²) in [5.74, 6) is -0.346. The Morgan fingerprint density at radius 1 is 1.37 bits per heavy atom. The van der Waals surface area contributed by atoms with Crippen LogP contribution in [0.4, 0.5) is 0 Å². The van der Waals surface area contributed by atoms with Crippen LogP contribution in [0.2, 0.25) is 0 Å². The Labute approximate surface area is 159 Å². The van der Waals surface area contributed by atoms with E-state index in [0.29, 0.717) is 19.0 Å². The molecule has 2 aliphatic rings. The van der Waals surface area contributed by atoms with Crippen LogP contribution in [0.3, 0.4) is 0 Å². The van der Waals surface area contributed by atoms with Crippen molar-refractivity contribution in [2.45, 2.75) is 30.7 Å². The Morgan fingerprint density at radius 2 is 2.11 bits per heavy atom. The summed E-state index contributed by atoms with van der Waals surface area (Å²) in [6, 6.07) is 4.17. The molecular weight excluding hydrogens is 370 g/mol. The van der Waals surface area contributed by atoms with Gasteiger partial charge in [0.25, 0.3) is 21.8 Å². The first kappa shape index (κ1) is 19.8. The Bertz CT molecular complexity index is 855. The van der Waals surface area contributed by atoms with Crippen molar-refractivity contribution in [1.29, 1.82) is 0 Å². The minimum absolute atomic E-state index is 0.0606. The predicted molar refractivity (Wildman–Crippen MR) is 98.8 cm³/mol. The number of fused-ring (bicyclic) bond motifs is 1. The monoisotopic (exact) mass is 395 g/mol. The first-order chi connectivity index (χ1) is 12.8. The van der Waals surface area contributed by atoms with E-state index in [1.807, 2.05) is 0 Å². The molecule has 0 aromatic heterocycles. The van der Waals surface area contributed by atoms with Gasteiger partial charge < -0.3 is 15.4 Å². The van der Waals surface area contributed by atoms with Crippen molar-refractivity contribution in [2.75, 3.05) is 33.4 Å². The van der Waals surface area contributed by atoms with Gasteiger partial charge in [0.2, 0.25) is 0 Å². The third kappa shape index (κ3) is 3.46. The van der Waals surface area contributed by atoms with Crippen LogP contribution >= 0.6 is 0 Å². The molecule has 2 amide bonds. The number of carbonyl (C=O) groups is 2. The molecule has 2 aliphatic heterocycles. The summed E-state index contributed by atoms with van der Waals surface area (Å²) in [5.41, 5.74) is 6.18. The summed E-state index contributed by atoms with van der Waals surface area (Å²) < 4.78 is 31.1. The van der Waals surface area contributed by atoms with Gasteiger partial charge in [-0.1, -0.05) is 6.92 Å². The number of ether oxygens (including phenoxy) is 1. The highest BCUT2D eigenvalue weighted by atomic mass is 32.2. The lowest BCUT2D eigenvalue weighted by Gasteiger charge is -2.38. The van der Waals surface area contributed by atoms with Crippen molar-refractivity contribution >= 4 is 21.8 Å². The molecule has 3 rings (SSSR count). The number of carbonyl (C=O) groups excluding carboxylic acids is 2. The molecule has 0 aliphatic carbocycles. The minimum Gasteiger partial charge on any atom is -0.383 e. The van der Waals surface area contributed by atoms with E-state index < -0.39 is 15.9 Å². The van der Waals surface area contributed by atoms with E-state index >= 15 is 0 Å². The molecule has 0 bridgehead atoms. The molecular formula is C18H25N3O5S. The number of nitrogens with zero attached hydrogens (tertiary/aromatic N) is 2. The van der Waals surface area contributed by atoms with Crippen LogP contribution < -0.4 is 5.73 Å². The van der Waals surface area contributed by atoms with Gasteiger partial charge >= 0.3 is 0 Å². The summed E-state index contributed by atoms with van der Waals surface area (Å²) in [6.45, 7) is 3.13. The number of hydrogen-bond donors (Lipinski definition) is 1. The maximum Gasteiger partial charge on any atom is 0.269 e. The Hall–Kier alpha value is -1.97. The highest BCUT2D eigenvalue weighted by Gasteiger charge is 2.41. The second kappa shape index (κ2) is 7.57. The van der Waals surface area contributed by atoms with Crippen LogP contribution in [0.1, 0.15) is 40.5 Å². The van der Waals surface area contributed by atoms with E-state index in [9.17, 15) is 18.0 Å². The number of nitrogens with two attached hydrogens (primary N) is 1. The molecule has 0 saturated carbocycles. The lowest BCUT2D eigenvalue weighted by atomic mass is 9.92. The summed E-state index contributed by atoms with van der Waals surface area (Å²) in [6.07, 6.45) is 1.71. The maximum atomic E-state index is 13.0. The fraction of sp³-hybridized carbons (Fsp3) is 0.556. The van der Waals surface area contributed by atoms with Crippen molar-refractivity contribution in [1.82, 2.24) is 9.21 Å². The van der Waals surface area contributed by atoms with Gasteiger partial charge in [0.15, 0.2) is 0 Å². The largest absolute Gasteiger partial charge is 0.383 e. The molecule has 2 heterocycles. The van der Waals surface area contributed by atoms with Gasteiger partial charge in [0.05, 0.1) is 18.7 Å². The van der Waals surface area contributed by atoms with Crippen molar-refractivity contribution in [3.8, 4) is 0 Å². The van der Waals surface area contributed by atoms with E-state index in [1.54, 1.807) is 4.90 Å². The zero-order valence-electron chi connectivity index (χ0n) is 15.6. The zero-order chi connectivity index (χ0) is 19.8. The third-order valence-electron chi connectivity index (χ3n) is 5.26.